The lowest BCUT2D eigenvalue weighted by molar-refractivity contribution is -0.138. The van der Waals surface area contributed by atoms with Gasteiger partial charge >= 0.3 is 11.9 Å². The van der Waals surface area contributed by atoms with Gasteiger partial charge in [-0.05, 0) is 26.7 Å². The SMILES string of the molecule is CC(C)=O.CCCCCCCCCCCC(=O)O.CCCCCCCCCCCC(=O)O. The minimum absolute atomic E-state index is 0.167. The summed E-state index contributed by atoms with van der Waals surface area (Å²) in [5.41, 5.74) is 0. The highest BCUT2D eigenvalue weighted by Gasteiger charge is 1.97. The van der Waals surface area contributed by atoms with Gasteiger partial charge in [-0.1, -0.05) is 117 Å². The van der Waals surface area contributed by atoms with Crippen LogP contribution in [0.25, 0.3) is 0 Å². The Morgan fingerprint density at radius 1 is 0.438 bits per heavy atom. The summed E-state index contributed by atoms with van der Waals surface area (Å²) >= 11 is 0. The normalized spacial score (nSPS) is 9.88. The molecule has 0 aromatic rings. The molecule has 5 heteroatoms. The van der Waals surface area contributed by atoms with Gasteiger partial charge in [-0.15, -0.1) is 0 Å². The average Bonchev–Trinajstić information content (AvgIpc) is 2.71. The molecule has 0 spiro atoms. The fraction of sp³-hybridized carbons (Fsp3) is 0.889. The van der Waals surface area contributed by atoms with Crippen LogP contribution in [0, 0.1) is 0 Å². The zero-order valence-electron chi connectivity index (χ0n) is 21.8. The molecule has 2 N–H and O–H groups in total. The fourth-order valence-corrected chi connectivity index (χ4v) is 3.17. The Labute approximate surface area is 198 Å². The lowest BCUT2D eigenvalue weighted by atomic mass is 10.1. The summed E-state index contributed by atoms with van der Waals surface area (Å²) in [7, 11) is 0. The maximum atomic E-state index is 10.2. The molecule has 5 nitrogen and oxygen atoms in total. The van der Waals surface area contributed by atoms with E-state index in [-0.39, 0.29) is 5.78 Å². The van der Waals surface area contributed by atoms with Crippen molar-refractivity contribution in [1.29, 1.82) is 0 Å². The molecule has 0 aromatic heterocycles. The first-order valence-corrected chi connectivity index (χ1v) is 13.2. The van der Waals surface area contributed by atoms with Crippen molar-refractivity contribution in [2.24, 2.45) is 0 Å². The van der Waals surface area contributed by atoms with Crippen LogP contribution >= 0.6 is 0 Å². The largest absolute Gasteiger partial charge is 0.481 e. The number of aliphatic carboxylic acids is 2. The molecule has 0 saturated heterocycles. The van der Waals surface area contributed by atoms with Gasteiger partial charge < -0.3 is 15.0 Å². The molecule has 0 aliphatic rings. The van der Waals surface area contributed by atoms with E-state index in [1.165, 1.54) is 104 Å². The number of hydrogen-bond donors (Lipinski definition) is 2. The molecular weight excluding hydrogens is 404 g/mol. The van der Waals surface area contributed by atoms with Crippen LogP contribution in [-0.4, -0.2) is 27.9 Å². The van der Waals surface area contributed by atoms with E-state index in [9.17, 15) is 14.4 Å². The van der Waals surface area contributed by atoms with Crippen molar-refractivity contribution in [2.45, 2.75) is 156 Å². The standard InChI is InChI=1S/2C12H24O2.C3H6O/c2*1-2-3-4-5-6-7-8-9-10-11-12(13)14;1-3(2)4/h2*2-11H2,1H3,(H,13,14);1-2H3. The van der Waals surface area contributed by atoms with Gasteiger partial charge in [0.15, 0.2) is 0 Å². The summed E-state index contributed by atoms with van der Waals surface area (Å²) in [6.45, 7) is 7.51. The Kier molecular flexibility index (Phi) is 35.0. The number of unbranched alkanes of at least 4 members (excludes halogenated alkanes) is 16. The second-order valence-corrected chi connectivity index (χ2v) is 8.85. The number of hydrogen-bond acceptors (Lipinski definition) is 3. The van der Waals surface area contributed by atoms with Crippen molar-refractivity contribution in [1.82, 2.24) is 0 Å². The zero-order valence-corrected chi connectivity index (χ0v) is 21.8. The first kappa shape index (κ1) is 35.2. The van der Waals surface area contributed by atoms with Gasteiger partial charge in [0.25, 0.3) is 0 Å². The molecule has 0 fully saturated rings. The molecule has 0 unspecified atom stereocenters. The summed E-state index contributed by atoms with van der Waals surface area (Å²) in [4.78, 5) is 29.9. The zero-order chi connectivity index (χ0) is 24.9. The first-order valence-electron chi connectivity index (χ1n) is 13.2. The van der Waals surface area contributed by atoms with Crippen molar-refractivity contribution in [3.63, 3.8) is 0 Å². The van der Waals surface area contributed by atoms with Gasteiger partial charge in [0.2, 0.25) is 0 Å². The Balaban J connectivity index is -0.000000450. The van der Waals surface area contributed by atoms with E-state index >= 15 is 0 Å². The fourth-order valence-electron chi connectivity index (χ4n) is 3.17. The average molecular weight is 459 g/mol. The molecule has 0 amide bonds. The Bertz CT molecular complexity index is 371. The monoisotopic (exact) mass is 458 g/mol. The van der Waals surface area contributed by atoms with Gasteiger partial charge in [-0.2, -0.15) is 0 Å². The number of carbonyl (C=O) groups is 3. The van der Waals surface area contributed by atoms with E-state index in [2.05, 4.69) is 13.8 Å². The molecule has 32 heavy (non-hydrogen) atoms. The highest BCUT2D eigenvalue weighted by atomic mass is 16.4. The molecule has 0 bridgehead atoms. The lowest BCUT2D eigenvalue weighted by Gasteiger charge is -2.00. The van der Waals surface area contributed by atoms with Crippen LogP contribution in [0.3, 0.4) is 0 Å². The van der Waals surface area contributed by atoms with Gasteiger partial charge in [0, 0.05) is 12.8 Å². The maximum absolute atomic E-state index is 10.2. The smallest absolute Gasteiger partial charge is 0.303 e. The second kappa shape index (κ2) is 31.8. The van der Waals surface area contributed by atoms with E-state index < -0.39 is 11.9 Å². The van der Waals surface area contributed by atoms with Gasteiger partial charge in [-0.25, -0.2) is 0 Å². The van der Waals surface area contributed by atoms with Crippen LogP contribution in [0.5, 0.6) is 0 Å². The maximum Gasteiger partial charge on any atom is 0.303 e. The topological polar surface area (TPSA) is 91.7 Å². The number of carboxylic acid groups (broad SMARTS) is 2. The Morgan fingerprint density at radius 3 is 0.812 bits per heavy atom. The van der Waals surface area contributed by atoms with E-state index in [1.807, 2.05) is 0 Å². The van der Waals surface area contributed by atoms with Crippen LogP contribution in [0.15, 0.2) is 0 Å². The van der Waals surface area contributed by atoms with Crippen molar-refractivity contribution in [3.8, 4) is 0 Å². The van der Waals surface area contributed by atoms with Crippen LogP contribution in [0.2, 0.25) is 0 Å². The predicted molar refractivity (Wildman–Crippen MR) is 135 cm³/mol. The third-order valence-electron chi connectivity index (χ3n) is 4.99. The number of carboxylic acids is 2. The highest BCUT2D eigenvalue weighted by molar-refractivity contribution is 5.72. The van der Waals surface area contributed by atoms with Gasteiger partial charge in [-0.3, -0.25) is 9.59 Å². The van der Waals surface area contributed by atoms with E-state index in [0.717, 1.165) is 25.7 Å². The molecule has 0 rings (SSSR count). The summed E-state index contributed by atoms with van der Waals surface area (Å²) in [5, 5.41) is 16.8. The molecule has 0 radical (unpaired) electrons. The quantitative estimate of drug-likeness (QED) is 0.178. The molecule has 0 aliphatic carbocycles. The van der Waals surface area contributed by atoms with Crippen LogP contribution in [0.4, 0.5) is 0 Å². The first-order chi connectivity index (χ1) is 15.3. The molecule has 0 heterocycles. The lowest BCUT2D eigenvalue weighted by Crippen LogP contribution is -1.93. The predicted octanol–water partition coefficient (Wildman–Crippen LogP) is 8.58. The van der Waals surface area contributed by atoms with Crippen LogP contribution in [0.1, 0.15) is 156 Å². The minimum atomic E-state index is -0.659. The van der Waals surface area contributed by atoms with E-state index in [0.29, 0.717) is 12.8 Å². The molecule has 0 atom stereocenters. The third kappa shape index (κ3) is 51.3. The van der Waals surface area contributed by atoms with Gasteiger partial charge in [0.1, 0.15) is 5.78 Å². The number of carbonyl (C=O) groups excluding carboxylic acids is 1. The molecule has 0 aromatic carbocycles. The highest BCUT2D eigenvalue weighted by Crippen LogP contribution is 2.11. The van der Waals surface area contributed by atoms with Crippen molar-refractivity contribution in [3.05, 3.63) is 0 Å². The summed E-state index contributed by atoms with van der Waals surface area (Å²) < 4.78 is 0. The minimum Gasteiger partial charge on any atom is -0.481 e. The third-order valence-corrected chi connectivity index (χ3v) is 4.99. The van der Waals surface area contributed by atoms with E-state index in [1.54, 1.807) is 0 Å². The van der Waals surface area contributed by atoms with E-state index in [4.69, 9.17) is 10.2 Å². The van der Waals surface area contributed by atoms with Crippen molar-refractivity contribution < 1.29 is 24.6 Å². The Hall–Kier alpha value is -1.39. The number of ketones is 1. The Morgan fingerprint density at radius 2 is 0.625 bits per heavy atom. The summed E-state index contributed by atoms with van der Waals surface area (Å²) in [5.74, 6) is -1.15. The molecular formula is C27H54O5. The number of Topliss-reactive ketones (excluding diaryl/α,β-unsaturated/α-hetero) is 1. The molecule has 0 saturated carbocycles. The van der Waals surface area contributed by atoms with Crippen LogP contribution in [-0.2, 0) is 14.4 Å². The number of rotatable bonds is 20. The van der Waals surface area contributed by atoms with Crippen molar-refractivity contribution >= 4 is 17.7 Å². The van der Waals surface area contributed by atoms with Crippen molar-refractivity contribution in [2.75, 3.05) is 0 Å². The molecule has 192 valence electrons. The second-order valence-electron chi connectivity index (χ2n) is 8.85. The molecule has 0 aliphatic heterocycles. The van der Waals surface area contributed by atoms with Crippen LogP contribution < -0.4 is 0 Å². The van der Waals surface area contributed by atoms with Gasteiger partial charge in [0.05, 0.1) is 0 Å². The summed E-state index contributed by atoms with van der Waals surface area (Å²) in [6, 6.07) is 0. The summed E-state index contributed by atoms with van der Waals surface area (Å²) in [6.07, 6.45) is 23.0.